The molecule has 8 nitrogen and oxygen atoms in total. The molecule has 0 aromatic rings. The highest BCUT2D eigenvalue weighted by Crippen LogP contribution is 2.32. The van der Waals surface area contributed by atoms with E-state index in [1.165, 1.54) is 13.2 Å². The van der Waals surface area contributed by atoms with Crippen molar-refractivity contribution in [3.63, 3.8) is 0 Å². The summed E-state index contributed by atoms with van der Waals surface area (Å²) in [5, 5.41) is 33.5. The van der Waals surface area contributed by atoms with Gasteiger partial charge in [-0.25, -0.2) is 0 Å². The number of carbonyl (C=O) groups is 2. The molecular formula is C22H38N2O6. The van der Waals surface area contributed by atoms with Crippen molar-refractivity contribution in [2.75, 3.05) is 26.7 Å². The number of nitrogens with zero attached hydrogens (tertiary/aromatic N) is 1. The van der Waals surface area contributed by atoms with Crippen molar-refractivity contribution in [2.24, 2.45) is 17.3 Å². The molecule has 8 heteroatoms. The maximum Gasteiger partial charge on any atom is 0.251 e. The van der Waals surface area contributed by atoms with Gasteiger partial charge in [-0.2, -0.15) is 0 Å². The van der Waals surface area contributed by atoms with Gasteiger partial charge in [-0.1, -0.05) is 32.9 Å². The van der Waals surface area contributed by atoms with Gasteiger partial charge in [-0.05, 0) is 37.0 Å². The van der Waals surface area contributed by atoms with E-state index in [9.17, 15) is 24.9 Å². The lowest BCUT2D eigenvalue weighted by molar-refractivity contribution is -0.149. The Hall–Kier alpha value is -1.48. The molecule has 0 spiro atoms. The molecule has 1 saturated heterocycles. The van der Waals surface area contributed by atoms with Crippen LogP contribution in [0.2, 0.25) is 0 Å². The summed E-state index contributed by atoms with van der Waals surface area (Å²) in [5.74, 6) is -0.00442. The highest BCUT2D eigenvalue weighted by molar-refractivity contribution is 5.82. The number of nitrogens with one attached hydrogen (secondary N) is 1. The van der Waals surface area contributed by atoms with Crippen molar-refractivity contribution < 1.29 is 29.6 Å². The molecule has 0 aromatic carbocycles. The summed E-state index contributed by atoms with van der Waals surface area (Å²) < 4.78 is 5.11. The van der Waals surface area contributed by atoms with Crippen LogP contribution in [0.25, 0.3) is 0 Å². The van der Waals surface area contributed by atoms with Gasteiger partial charge in [-0.3, -0.25) is 9.59 Å². The van der Waals surface area contributed by atoms with Crippen LogP contribution < -0.4 is 5.32 Å². The second-order valence-corrected chi connectivity index (χ2v) is 9.67. The minimum absolute atomic E-state index is 0.144. The van der Waals surface area contributed by atoms with Crippen LogP contribution in [-0.4, -0.2) is 83.2 Å². The van der Waals surface area contributed by atoms with Gasteiger partial charge in [0.2, 0.25) is 5.91 Å². The minimum Gasteiger partial charge on any atom is -0.387 e. The quantitative estimate of drug-likeness (QED) is 0.398. The number of ether oxygens (including phenoxy) is 1. The first kappa shape index (κ1) is 24.8. The van der Waals surface area contributed by atoms with Crippen molar-refractivity contribution in [1.82, 2.24) is 10.2 Å². The first-order valence-corrected chi connectivity index (χ1v) is 10.9. The Kier molecular flexibility index (Phi) is 8.85. The van der Waals surface area contributed by atoms with E-state index in [0.717, 1.165) is 32.2 Å². The van der Waals surface area contributed by atoms with Crippen molar-refractivity contribution in [2.45, 2.75) is 70.9 Å². The first-order chi connectivity index (χ1) is 14.0. The van der Waals surface area contributed by atoms with E-state index < -0.39 is 30.3 Å². The number of amides is 2. The molecule has 1 aliphatic carbocycles. The molecule has 2 fully saturated rings. The lowest BCUT2D eigenvalue weighted by atomic mass is 9.94. The molecule has 0 bridgehead atoms. The molecule has 2 rings (SSSR count). The minimum atomic E-state index is -1.59. The van der Waals surface area contributed by atoms with Gasteiger partial charge in [0.1, 0.15) is 18.3 Å². The van der Waals surface area contributed by atoms with Crippen molar-refractivity contribution in [3.05, 3.63) is 12.2 Å². The summed E-state index contributed by atoms with van der Waals surface area (Å²) in [6.07, 6.45) is 1.10. The lowest BCUT2D eigenvalue weighted by Gasteiger charge is -2.33. The predicted octanol–water partition coefficient (Wildman–Crippen LogP) is 0.451. The summed E-state index contributed by atoms with van der Waals surface area (Å²) >= 11 is 0. The largest absolute Gasteiger partial charge is 0.387 e. The lowest BCUT2D eigenvalue weighted by Crippen LogP contribution is -2.52. The smallest absolute Gasteiger partial charge is 0.251 e. The van der Waals surface area contributed by atoms with Crippen molar-refractivity contribution in [3.8, 4) is 0 Å². The zero-order valence-corrected chi connectivity index (χ0v) is 18.6. The van der Waals surface area contributed by atoms with Crippen LogP contribution in [0.15, 0.2) is 12.2 Å². The van der Waals surface area contributed by atoms with E-state index in [1.807, 2.05) is 25.7 Å². The Labute approximate surface area is 179 Å². The van der Waals surface area contributed by atoms with Gasteiger partial charge in [-0.15, -0.1) is 0 Å². The maximum atomic E-state index is 12.5. The van der Waals surface area contributed by atoms with Crippen LogP contribution >= 0.6 is 0 Å². The number of hydrogen-bond acceptors (Lipinski definition) is 6. The number of piperidine rings is 1. The number of rotatable bonds is 9. The molecule has 0 aromatic heterocycles. The molecular weight excluding hydrogens is 388 g/mol. The van der Waals surface area contributed by atoms with Gasteiger partial charge in [0, 0.05) is 32.7 Å². The van der Waals surface area contributed by atoms with E-state index in [1.54, 1.807) is 6.08 Å². The Morgan fingerprint density at radius 2 is 1.83 bits per heavy atom. The molecule has 0 radical (unpaired) electrons. The highest BCUT2D eigenvalue weighted by atomic mass is 16.5. The fourth-order valence-corrected chi connectivity index (χ4v) is 3.65. The monoisotopic (exact) mass is 426 g/mol. The molecule has 2 amide bonds. The van der Waals surface area contributed by atoms with Gasteiger partial charge in [0.15, 0.2) is 6.10 Å². The maximum absolute atomic E-state index is 12.5. The van der Waals surface area contributed by atoms with E-state index in [0.29, 0.717) is 13.1 Å². The van der Waals surface area contributed by atoms with E-state index in [4.69, 9.17) is 4.74 Å². The van der Waals surface area contributed by atoms with E-state index in [2.05, 4.69) is 5.32 Å². The van der Waals surface area contributed by atoms with Gasteiger partial charge < -0.3 is 30.3 Å². The summed E-state index contributed by atoms with van der Waals surface area (Å²) in [7, 11) is 1.27. The van der Waals surface area contributed by atoms with Gasteiger partial charge >= 0.3 is 0 Å². The third-order valence-electron chi connectivity index (χ3n) is 5.64. The topological polar surface area (TPSA) is 119 Å². The number of likely N-dealkylation sites (tertiary alicyclic amines) is 1. The van der Waals surface area contributed by atoms with Crippen LogP contribution in [0.1, 0.15) is 46.5 Å². The number of methoxy groups -OCH3 is 1. The molecule has 5 atom stereocenters. The molecule has 30 heavy (non-hydrogen) atoms. The van der Waals surface area contributed by atoms with Crippen LogP contribution in [0, 0.1) is 17.3 Å². The summed E-state index contributed by atoms with van der Waals surface area (Å²) in [4.78, 5) is 26.7. The second-order valence-electron chi connectivity index (χ2n) is 9.67. The van der Waals surface area contributed by atoms with Gasteiger partial charge in [0.25, 0.3) is 5.91 Å². The summed E-state index contributed by atoms with van der Waals surface area (Å²) in [5.41, 5.74) is -0.196. The molecule has 1 saturated carbocycles. The first-order valence-electron chi connectivity index (χ1n) is 10.9. The Balaban J connectivity index is 1.85. The van der Waals surface area contributed by atoms with Crippen LogP contribution in [0.4, 0.5) is 0 Å². The molecule has 1 unspecified atom stereocenters. The summed E-state index contributed by atoms with van der Waals surface area (Å²) in [6, 6.07) is 0. The number of carbonyl (C=O) groups excluding carboxylic acids is 2. The van der Waals surface area contributed by atoms with Gasteiger partial charge in [0.05, 0.1) is 0 Å². The van der Waals surface area contributed by atoms with E-state index in [-0.39, 0.29) is 23.2 Å². The molecule has 2 aliphatic rings. The summed E-state index contributed by atoms with van der Waals surface area (Å²) in [6.45, 7) is 7.57. The number of hydrogen-bond donors (Lipinski definition) is 4. The van der Waals surface area contributed by atoms with Crippen LogP contribution in [-0.2, 0) is 14.3 Å². The second kappa shape index (κ2) is 10.7. The number of aliphatic hydroxyl groups is 3. The third-order valence-corrected chi connectivity index (χ3v) is 5.64. The fraction of sp³-hybridized carbons (Fsp3) is 0.818. The van der Waals surface area contributed by atoms with Crippen LogP contribution in [0.5, 0.6) is 0 Å². The highest BCUT2D eigenvalue weighted by Gasteiger charge is 2.37. The normalized spacial score (nSPS) is 24.4. The van der Waals surface area contributed by atoms with E-state index >= 15 is 0 Å². The average molecular weight is 427 g/mol. The predicted molar refractivity (Wildman–Crippen MR) is 112 cm³/mol. The Morgan fingerprint density at radius 1 is 1.17 bits per heavy atom. The zero-order chi connectivity index (χ0) is 22.5. The van der Waals surface area contributed by atoms with Crippen molar-refractivity contribution in [1.29, 1.82) is 0 Å². The number of allylic oxidation sites excluding steroid dienone is 1. The fourth-order valence-electron chi connectivity index (χ4n) is 3.65. The van der Waals surface area contributed by atoms with Crippen LogP contribution in [0.3, 0.4) is 0 Å². The van der Waals surface area contributed by atoms with Crippen molar-refractivity contribution >= 4 is 11.8 Å². The zero-order valence-electron chi connectivity index (χ0n) is 18.6. The standard InChI is InChI=1S/C22H38N2O6/c1-22(2,3)10-9-16(25)17(26)18(27)19(30-4)20(28)23-12-14-6-5-11-24(13-14)21(29)15-7-8-15/h9-10,14-19,25-27H,5-8,11-13H2,1-4H3,(H,23,28)/b10-9+/t14?,16-,17+,18-,19-/m1/s1. The Bertz CT molecular complexity index is 613. The third kappa shape index (κ3) is 7.34. The molecule has 1 heterocycles. The average Bonchev–Trinajstić information content (AvgIpc) is 3.54. The SMILES string of the molecule is CO[C@@H](C(=O)NCC1CCCN(C(=O)C2CC2)C1)[C@H](O)[C@@H](O)[C@H](O)/C=C/C(C)(C)C. The Morgan fingerprint density at radius 3 is 2.40 bits per heavy atom. The molecule has 172 valence electrons. The molecule has 1 aliphatic heterocycles. The molecule has 4 N–H and O–H groups in total. The number of aliphatic hydroxyl groups excluding tert-OH is 3.